The van der Waals surface area contributed by atoms with Crippen LogP contribution < -0.4 is 5.32 Å². The number of nitrogens with one attached hydrogen (secondary N) is 1. The highest BCUT2D eigenvalue weighted by molar-refractivity contribution is 7.88. The molecule has 0 aliphatic carbocycles. The van der Waals surface area contributed by atoms with Gasteiger partial charge in [-0.15, -0.1) is 0 Å². The van der Waals surface area contributed by atoms with Crippen molar-refractivity contribution in [1.82, 2.24) is 9.21 Å². The molecule has 1 N–H and O–H groups in total. The first-order valence-electron chi connectivity index (χ1n) is 6.58. The lowest BCUT2D eigenvalue weighted by atomic mass is 10.3. The molecule has 0 unspecified atom stereocenters. The zero-order valence-electron chi connectivity index (χ0n) is 11.8. The highest BCUT2D eigenvalue weighted by Gasteiger charge is 2.25. The first kappa shape index (κ1) is 16.1. The van der Waals surface area contributed by atoms with Crippen LogP contribution in [-0.4, -0.2) is 62.5 Å². The first-order valence-corrected chi connectivity index (χ1v) is 8.81. The number of nitrogens with zero attached hydrogens (tertiary/aromatic N) is 2. The van der Waals surface area contributed by atoms with Crippen molar-refractivity contribution in [3.63, 3.8) is 0 Å². The Morgan fingerprint density at radius 1 is 1.19 bits per heavy atom. The predicted molar refractivity (Wildman–Crippen MR) is 82.9 cm³/mol. The van der Waals surface area contributed by atoms with Gasteiger partial charge in [0.25, 0.3) is 0 Å². The van der Waals surface area contributed by atoms with E-state index in [9.17, 15) is 13.2 Å². The zero-order chi connectivity index (χ0) is 15.5. The molecule has 1 fully saturated rings. The van der Waals surface area contributed by atoms with Crippen LogP contribution in [0.5, 0.6) is 0 Å². The van der Waals surface area contributed by atoms with Gasteiger partial charge in [0.1, 0.15) is 0 Å². The molecule has 0 aromatic heterocycles. The molecule has 0 saturated carbocycles. The van der Waals surface area contributed by atoms with E-state index >= 15 is 0 Å². The number of rotatable bonds is 4. The minimum absolute atomic E-state index is 0.0434. The predicted octanol–water partition coefficient (Wildman–Crippen LogP) is 0.856. The summed E-state index contributed by atoms with van der Waals surface area (Å²) in [5.74, 6) is -0.0434. The molecule has 0 atom stereocenters. The smallest absolute Gasteiger partial charge is 0.241 e. The van der Waals surface area contributed by atoms with E-state index in [1.807, 2.05) is 0 Å². The van der Waals surface area contributed by atoms with Crippen molar-refractivity contribution >= 4 is 33.2 Å². The van der Waals surface area contributed by atoms with Gasteiger partial charge < -0.3 is 10.2 Å². The number of carbonyl (C=O) groups is 1. The van der Waals surface area contributed by atoms with Gasteiger partial charge in [-0.05, 0) is 24.3 Å². The van der Waals surface area contributed by atoms with Crippen LogP contribution in [0.4, 0.5) is 5.69 Å². The number of piperazine rings is 1. The molecule has 2 rings (SSSR count). The van der Waals surface area contributed by atoms with Gasteiger partial charge >= 0.3 is 0 Å². The standard InChI is InChI=1S/C13H18ClN3O3S/c1-21(19,20)17-8-6-16(7-9-17)13(18)10-15-12-4-2-11(14)3-5-12/h2-5,15H,6-10H2,1H3. The second-order valence-corrected chi connectivity index (χ2v) is 7.32. The highest BCUT2D eigenvalue weighted by Crippen LogP contribution is 2.13. The maximum absolute atomic E-state index is 12.1. The Bertz CT molecular complexity index is 596. The van der Waals surface area contributed by atoms with Crippen molar-refractivity contribution in [1.29, 1.82) is 0 Å². The molecule has 1 saturated heterocycles. The van der Waals surface area contributed by atoms with Gasteiger partial charge in [-0.1, -0.05) is 11.6 Å². The molecule has 116 valence electrons. The molecule has 1 aliphatic heterocycles. The summed E-state index contributed by atoms with van der Waals surface area (Å²) in [6, 6.07) is 7.10. The maximum Gasteiger partial charge on any atom is 0.241 e. The molecule has 6 nitrogen and oxygen atoms in total. The monoisotopic (exact) mass is 331 g/mol. The molecular weight excluding hydrogens is 314 g/mol. The quantitative estimate of drug-likeness (QED) is 0.888. The molecule has 1 aromatic carbocycles. The number of halogens is 1. The molecule has 21 heavy (non-hydrogen) atoms. The van der Waals surface area contributed by atoms with Crippen LogP contribution in [0.1, 0.15) is 0 Å². The van der Waals surface area contributed by atoms with Gasteiger partial charge in [0, 0.05) is 36.9 Å². The Kier molecular flexibility index (Phi) is 5.08. The zero-order valence-corrected chi connectivity index (χ0v) is 13.3. The third-order valence-corrected chi connectivity index (χ3v) is 4.90. The van der Waals surface area contributed by atoms with Crippen molar-refractivity contribution in [2.45, 2.75) is 0 Å². The molecule has 1 aliphatic rings. The summed E-state index contributed by atoms with van der Waals surface area (Å²) in [7, 11) is -3.17. The fraction of sp³-hybridized carbons (Fsp3) is 0.462. The Hall–Kier alpha value is -1.31. The van der Waals surface area contributed by atoms with E-state index in [2.05, 4.69) is 5.32 Å². The van der Waals surface area contributed by atoms with Crippen LogP contribution in [0.2, 0.25) is 5.02 Å². The summed E-state index contributed by atoms with van der Waals surface area (Å²) in [6.45, 7) is 1.74. The number of hydrogen-bond donors (Lipinski definition) is 1. The van der Waals surface area contributed by atoms with Gasteiger partial charge in [0.05, 0.1) is 12.8 Å². The third kappa shape index (κ3) is 4.59. The Balaban J connectivity index is 1.81. The van der Waals surface area contributed by atoms with E-state index in [1.54, 1.807) is 29.2 Å². The fourth-order valence-electron chi connectivity index (χ4n) is 2.13. The van der Waals surface area contributed by atoms with Crippen molar-refractivity contribution in [2.24, 2.45) is 0 Å². The topological polar surface area (TPSA) is 69.7 Å². The summed E-state index contributed by atoms with van der Waals surface area (Å²) in [5, 5.41) is 3.67. The molecule has 1 heterocycles. The average Bonchev–Trinajstić information content (AvgIpc) is 2.45. The van der Waals surface area contributed by atoms with E-state index in [1.165, 1.54) is 10.6 Å². The number of sulfonamides is 1. The van der Waals surface area contributed by atoms with Crippen LogP contribution in [-0.2, 0) is 14.8 Å². The van der Waals surface area contributed by atoms with E-state index in [0.717, 1.165) is 5.69 Å². The molecule has 0 bridgehead atoms. The Morgan fingerprint density at radius 2 is 1.76 bits per heavy atom. The second kappa shape index (κ2) is 6.64. The summed E-state index contributed by atoms with van der Waals surface area (Å²) in [4.78, 5) is 13.7. The number of amides is 1. The van der Waals surface area contributed by atoms with Gasteiger partial charge in [-0.25, -0.2) is 8.42 Å². The summed E-state index contributed by atoms with van der Waals surface area (Å²) in [5.41, 5.74) is 0.822. The van der Waals surface area contributed by atoms with E-state index in [-0.39, 0.29) is 12.5 Å². The second-order valence-electron chi connectivity index (χ2n) is 4.90. The minimum atomic E-state index is -3.17. The SMILES string of the molecule is CS(=O)(=O)N1CCN(C(=O)CNc2ccc(Cl)cc2)CC1. The van der Waals surface area contributed by atoms with E-state index < -0.39 is 10.0 Å². The average molecular weight is 332 g/mol. The van der Waals surface area contributed by atoms with Crippen molar-refractivity contribution in [2.75, 3.05) is 44.3 Å². The number of carbonyl (C=O) groups excluding carboxylic acids is 1. The highest BCUT2D eigenvalue weighted by atomic mass is 35.5. The lowest BCUT2D eigenvalue weighted by Gasteiger charge is -2.33. The number of benzene rings is 1. The van der Waals surface area contributed by atoms with Gasteiger partial charge in [0.2, 0.25) is 15.9 Å². The lowest BCUT2D eigenvalue weighted by Crippen LogP contribution is -2.51. The van der Waals surface area contributed by atoms with Crippen LogP contribution in [0, 0.1) is 0 Å². The van der Waals surface area contributed by atoms with Crippen LogP contribution in [0.15, 0.2) is 24.3 Å². The first-order chi connectivity index (χ1) is 9.86. The van der Waals surface area contributed by atoms with E-state index in [0.29, 0.717) is 31.2 Å². The third-order valence-electron chi connectivity index (χ3n) is 3.35. The van der Waals surface area contributed by atoms with Gasteiger partial charge in [0.15, 0.2) is 0 Å². The molecule has 8 heteroatoms. The van der Waals surface area contributed by atoms with Crippen LogP contribution in [0.25, 0.3) is 0 Å². The normalized spacial score (nSPS) is 16.8. The molecule has 0 radical (unpaired) electrons. The minimum Gasteiger partial charge on any atom is -0.376 e. The van der Waals surface area contributed by atoms with E-state index in [4.69, 9.17) is 11.6 Å². The Morgan fingerprint density at radius 3 is 2.29 bits per heavy atom. The number of anilines is 1. The lowest BCUT2D eigenvalue weighted by molar-refractivity contribution is -0.130. The van der Waals surface area contributed by atoms with Crippen molar-refractivity contribution in [3.05, 3.63) is 29.3 Å². The molecule has 1 amide bonds. The van der Waals surface area contributed by atoms with Gasteiger partial charge in [-0.3, -0.25) is 4.79 Å². The molecule has 0 spiro atoms. The van der Waals surface area contributed by atoms with Crippen LogP contribution in [0.3, 0.4) is 0 Å². The van der Waals surface area contributed by atoms with Crippen LogP contribution >= 0.6 is 11.6 Å². The maximum atomic E-state index is 12.1. The largest absolute Gasteiger partial charge is 0.376 e. The molecule has 1 aromatic rings. The summed E-state index contributed by atoms with van der Waals surface area (Å²) in [6.07, 6.45) is 1.19. The van der Waals surface area contributed by atoms with Gasteiger partial charge in [-0.2, -0.15) is 4.31 Å². The fourth-order valence-corrected chi connectivity index (χ4v) is 3.08. The summed E-state index contributed by atoms with van der Waals surface area (Å²) < 4.78 is 24.2. The van der Waals surface area contributed by atoms with Crippen molar-refractivity contribution < 1.29 is 13.2 Å². The number of hydrogen-bond acceptors (Lipinski definition) is 4. The molecular formula is C13H18ClN3O3S. The Labute approximate surface area is 129 Å². The van der Waals surface area contributed by atoms with Crippen molar-refractivity contribution in [3.8, 4) is 0 Å². The summed E-state index contributed by atoms with van der Waals surface area (Å²) >= 11 is 5.79.